The van der Waals surface area contributed by atoms with Crippen molar-refractivity contribution in [2.75, 3.05) is 20.1 Å². The second kappa shape index (κ2) is 9.92. The van der Waals surface area contributed by atoms with Gasteiger partial charge in [0.2, 0.25) is 0 Å². The Morgan fingerprint density at radius 2 is 2.17 bits per heavy atom. The summed E-state index contributed by atoms with van der Waals surface area (Å²) in [5, 5.41) is 13.1. The Morgan fingerprint density at radius 3 is 2.78 bits per heavy atom. The molecule has 2 heterocycles. The average Bonchev–Trinajstić information content (AvgIpc) is 3.20. The van der Waals surface area contributed by atoms with Crippen LogP contribution in [-0.2, 0) is 12.0 Å². The van der Waals surface area contributed by atoms with Crippen LogP contribution in [0.5, 0.6) is 0 Å². The Morgan fingerprint density at radius 1 is 1.35 bits per heavy atom. The molecule has 0 fully saturated rings. The van der Waals surface area contributed by atoms with Crippen molar-refractivity contribution in [2.24, 2.45) is 4.99 Å². The van der Waals surface area contributed by atoms with Gasteiger partial charge in [-0.3, -0.25) is 9.67 Å². The van der Waals surface area contributed by atoms with E-state index in [0.29, 0.717) is 0 Å². The number of aryl methyl sites for hydroxylation is 1. The summed E-state index contributed by atoms with van der Waals surface area (Å²) in [6.07, 6.45) is 4.80. The van der Waals surface area contributed by atoms with Crippen LogP contribution in [0.25, 0.3) is 0 Å². The number of guanidine groups is 1. The van der Waals surface area contributed by atoms with Gasteiger partial charge < -0.3 is 10.6 Å². The maximum atomic E-state index is 4.28. The van der Waals surface area contributed by atoms with Gasteiger partial charge in [-0.15, -0.1) is 35.3 Å². The van der Waals surface area contributed by atoms with Crippen LogP contribution in [0.4, 0.5) is 0 Å². The van der Waals surface area contributed by atoms with Gasteiger partial charge in [0, 0.05) is 49.4 Å². The number of hydrogen-bond acceptors (Lipinski definition) is 3. The second-order valence-corrected chi connectivity index (χ2v) is 6.78. The summed E-state index contributed by atoms with van der Waals surface area (Å²) in [6.45, 7) is 7.14. The van der Waals surface area contributed by atoms with E-state index in [4.69, 9.17) is 0 Å². The molecule has 0 saturated carbocycles. The molecule has 0 spiro atoms. The summed E-state index contributed by atoms with van der Waals surface area (Å²) in [7, 11) is 1.81. The summed E-state index contributed by atoms with van der Waals surface area (Å²) >= 11 is 1.80. The van der Waals surface area contributed by atoms with Crippen LogP contribution in [0.2, 0.25) is 0 Å². The highest BCUT2D eigenvalue weighted by molar-refractivity contribution is 14.0. The molecule has 128 valence electrons. The van der Waals surface area contributed by atoms with Crippen LogP contribution < -0.4 is 10.6 Å². The van der Waals surface area contributed by atoms with Crippen molar-refractivity contribution in [2.45, 2.75) is 32.2 Å². The first-order chi connectivity index (χ1) is 10.6. The van der Waals surface area contributed by atoms with Gasteiger partial charge in [0.15, 0.2) is 5.96 Å². The lowest BCUT2D eigenvalue weighted by Crippen LogP contribution is -2.43. The molecule has 0 aliphatic heterocycles. The van der Waals surface area contributed by atoms with E-state index >= 15 is 0 Å². The van der Waals surface area contributed by atoms with Crippen LogP contribution in [0.1, 0.15) is 25.1 Å². The number of hydrogen-bond donors (Lipinski definition) is 2. The summed E-state index contributed by atoms with van der Waals surface area (Å²) in [5.41, 5.74) is 0.0981. The number of rotatable bonds is 7. The van der Waals surface area contributed by atoms with E-state index in [9.17, 15) is 0 Å². The molecule has 0 aliphatic rings. The maximum absolute atomic E-state index is 4.28. The van der Waals surface area contributed by atoms with Gasteiger partial charge in [-0.1, -0.05) is 19.9 Å². The number of thiophene rings is 1. The molecular weight excluding hydrogens is 421 g/mol. The predicted octanol–water partition coefficient (Wildman–Crippen LogP) is 3.10. The number of aliphatic imine (C=N–C) groups is 1. The molecule has 7 heteroatoms. The van der Waals surface area contributed by atoms with Gasteiger partial charge in [0.05, 0.1) is 0 Å². The zero-order valence-electron chi connectivity index (χ0n) is 14.0. The number of nitrogens with zero attached hydrogens (tertiary/aromatic N) is 3. The Bertz CT molecular complexity index is 563. The molecule has 0 saturated heterocycles. The van der Waals surface area contributed by atoms with Gasteiger partial charge in [-0.05, 0) is 23.9 Å². The molecular formula is C16H26IN5S. The van der Waals surface area contributed by atoms with Gasteiger partial charge in [-0.25, -0.2) is 0 Å². The maximum Gasteiger partial charge on any atom is 0.191 e. The molecule has 2 aromatic rings. The van der Waals surface area contributed by atoms with E-state index in [-0.39, 0.29) is 29.4 Å². The van der Waals surface area contributed by atoms with E-state index in [1.54, 1.807) is 24.6 Å². The minimum atomic E-state index is 0. The standard InChI is InChI=1S/C16H25N5S.HI/c1-16(2,14-7-4-12-22-14)13-19-15(17-3)18-8-5-10-21-11-6-9-20-21;/h4,6-7,9,11-12H,5,8,10,13H2,1-3H3,(H2,17,18,19);1H. The van der Waals surface area contributed by atoms with Crippen LogP contribution in [-0.4, -0.2) is 35.9 Å². The fourth-order valence-corrected chi connectivity index (χ4v) is 3.01. The molecule has 2 aromatic heterocycles. The lowest BCUT2D eigenvalue weighted by molar-refractivity contribution is 0.515. The van der Waals surface area contributed by atoms with E-state index in [0.717, 1.165) is 32.0 Å². The molecule has 2 rings (SSSR count). The summed E-state index contributed by atoms with van der Waals surface area (Å²) < 4.78 is 1.94. The molecule has 0 aromatic carbocycles. The molecule has 5 nitrogen and oxygen atoms in total. The first-order valence-electron chi connectivity index (χ1n) is 7.58. The SMILES string of the molecule is CN=C(NCCCn1cccn1)NCC(C)(C)c1cccs1.I. The highest BCUT2D eigenvalue weighted by Gasteiger charge is 2.21. The van der Waals surface area contributed by atoms with Crippen molar-refractivity contribution in [1.82, 2.24) is 20.4 Å². The fourth-order valence-electron chi connectivity index (χ4n) is 2.16. The predicted molar refractivity (Wildman–Crippen MR) is 109 cm³/mol. The van der Waals surface area contributed by atoms with Crippen LogP contribution >= 0.6 is 35.3 Å². The smallest absolute Gasteiger partial charge is 0.191 e. The van der Waals surface area contributed by atoms with Crippen molar-refractivity contribution >= 4 is 41.3 Å². The normalized spacial score (nSPS) is 11.9. The van der Waals surface area contributed by atoms with E-state index < -0.39 is 0 Å². The molecule has 2 N–H and O–H groups in total. The average molecular weight is 447 g/mol. The van der Waals surface area contributed by atoms with Gasteiger partial charge in [-0.2, -0.15) is 5.10 Å². The fraction of sp³-hybridized carbons (Fsp3) is 0.500. The Hall–Kier alpha value is -1.09. The lowest BCUT2D eigenvalue weighted by atomic mass is 9.91. The molecule has 23 heavy (non-hydrogen) atoms. The van der Waals surface area contributed by atoms with Gasteiger partial charge >= 0.3 is 0 Å². The number of nitrogens with one attached hydrogen (secondary N) is 2. The summed E-state index contributed by atoms with van der Waals surface area (Å²) in [5.74, 6) is 0.852. The number of aromatic nitrogens is 2. The first kappa shape index (κ1) is 20.0. The van der Waals surface area contributed by atoms with Crippen molar-refractivity contribution in [3.05, 3.63) is 40.8 Å². The van der Waals surface area contributed by atoms with Crippen molar-refractivity contribution in [3.8, 4) is 0 Å². The zero-order chi connectivity index (χ0) is 15.8. The minimum Gasteiger partial charge on any atom is -0.356 e. The molecule has 0 unspecified atom stereocenters. The second-order valence-electron chi connectivity index (χ2n) is 5.84. The molecule has 0 amide bonds. The van der Waals surface area contributed by atoms with Crippen molar-refractivity contribution in [1.29, 1.82) is 0 Å². The summed E-state index contributed by atoms with van der Waals surface area (Å²) in [4.78, 5) is 5.67. The third-order valence-electron chi connectivity index (χ3n) is 3.53. The van der Waals surface area contributed by atoms with Crippen LogP contribution in [0.15, 0.2) is 41.0 Å². The van der Waals surface area contributed by atoms with Crippen molar-refractivity contribution < 1.29 is 0 Å². The quantitative estimate of drug-likeness (QED) is 0.297. The highest BCUT2D eigenvalue weighted by atomic mass is 127. The molecule has 0 atom stereocenters. The van der Waals surface area contributed by atoms with Crippen LogP contribution in [0, 0.1) is 0 Å². The van der Waals surface area contributed by atoms with Crippen LogP contribution in [0.3, 0.4) is 0 Å². The zero-order valence-corrected chi connectivity index (χ0v) is 17.1. The van der Waals surface area contributed by atoms with E-state index in [1.165, 1.54) is 4.88 Å². The topological polar surface area (TPSA) is 54.2 Å². The Balaban J connectivity index is 0.00000264. The minimum absolute atomic E-state index is 0. The van der Waals surface area contributed by atoms with Crippen molar-refractivity contribution in [3.63, 3.8) is 0 Å². The monoisotopic (exact) mass is 447 g/mol. The third-order valence-corrected chi connectivity index (χ3v) is 4.76. The molecule has 0 aliphatic carbocycles. The third kappa shape index (κ3) is 6.50. The Kier molecular flexibility index (Phi) is 8.60. The largest absolute Gasteiger partial charge is 0.356 e. The van der Waals surface area contributed by atoms with Gasteiger partial charge in [0.25, 0.3) is 0 Å². The molecule has 0 bridgehead atoms. The van der Waals surface area contributed by atoms with E-state index in [1.807, 2.05) is 16.9 Å². The van der Waals surface area contributed by atoms with E-state index in [2.05, 4.69) is 52.1 Å². The molecule has 0 radical (unpaired) electrons. The summed E-state index contributed by atoms with van der Waals surface area (Å²) in [6, 6.07) is 6.23. The van der Waals surface area contributed by atoms with Gasteiger partial charge in [0.1, 0.15) is 0 Å². The lowest BCUT2D eigenvalue weighted by Gasteiger charge is -2.25. The number of halogens is 1. The first-order valence-corrected chi connectivity index (χ1v) is 8.46. The Labute approximate surface area is 159 Å². The highest BCUT2D eigenvalue weighted by Crippen LogP contribution is 2.26.